The summed E-state index contributed by atoms with van der Waals surface area (Å²) in [5.74, 6) is 1.16. The Morgan fingerprint density at radius 3 is 2.65 bits per heavy atom. The van der Waals surface area contributed by atoms with Gasteiger partial charge in [-0.1, -0.05) is 0 Å². The maximum Gasteiger partial charge on any atom is 0.358 e. The van der Waals surface area contributed by atoms with Crippen LogP contribution >= 0.6 is 0 Å². The third kappa shape index (κ3) is 3.65. The number of hydrazone groups is 1. The van der Waals surface area contributed by atoms with Crippen molar-refractivity contribution >= 4 is 12.2 Å². The third-order valence-corrected chi connectivity index (χ3v) is 1.89. The van der Waals surface area contributed by atoms with E-state index in [0.29, 0.717) is 17.1 Å². The quantitative estimate of drug-likeness (QED) is 0.410. The van der Waals surface area contributed by atoms with Gasteiger partial charge in [0, 0.05) is 0 Å². The number of rotatable bonds is 4. The van der Waals surface area contributed by atoms with E-state index in [4.69, 9.17) is 14.7 Å². The van der Waals surface area contributed by atoms with Gasteiger partial charge in [0.15, 0.2) is 11.5 Å². The Bertz CT molecular complexity index is 420. The van der Waals surface area contributed by atoms with Crippen molar-refractivity contribution in [1.82, 2.24) is 10.9 Å². The average Bonchev–Trinajstić information content (AvgIpc) is 2.38. The Hall–Kier alpha value is -2.28. The molecule has 0 saturated heterocycles. The van der Waals surface area contributed by atoms with E-state index in [1.54, 1.807) is 25.3 Å². The van der Waals surface area contributed by atoms with Gasteiger partial charge in [0.1, 0.15) is 0 Å². The number of carbonyl (C=O) groups is 1. The van der Waals surface area contributed by atoms with Crippen LogP contribution in [0.4, 0.5) is 4.79 Å². The summed E-state index contributed by atoms with van der Waals surface area (Å²) in [6.07, 6.45) is 1.40. The number of nitrogens with zero attached hydrogens (tertiary/aromatic N) is 1. The van der Waals surface area contributed by atoms with Gasteiger partial charge in [-0.15, -0.1) is 0 Å². The molecule has 2 amide bonds. The summed E-state index contributed by atoms with van der Waals surface area (Å²) in [5, 5.41) is 11.8. The van der Waals surface area contributed by atoms with Crippen LogP contribution in [0.1, 0.15) is 5.56 Å². The number of nitrogens with one attached hydrogen (secondary N) is 2. The number of benzene rings is 1. The first kappa shape index (κ1) is 12.8. The van der Waals surface area contributed by atoms with Crippen LogP contribution < -0.4 is 20.4 Å². The molecule has 0 fully saturated rings. The molecule has 92 valence electrons. The van der Waals surface area contributed by atoms with Crippen molar-refractivity contribution in [3.05, 3.63) is 23.8 Å². The third-order valence-electron chi connectivity index (χ3n) is 1.89. The molecule has 1 rings (SSSR count). The standard InChI is InChI=1S/C10H13N3O4/c1-16-8-4-3-7(5-9(8)17-2)6-11-12-10(14)13-15/h3-6,15H,1-2H3,(H2,12,13,14)/b11-6-. The highest BCUT2D eigenvalue weighted by Gasteiger charge is 2.02. The summed E-state index contributed by atoms with van der Waals surface area (Å²) in [6.45, 7) is 0. The topological polar surface area (TPSA) is 92.2 Å². The molecule has 7 heteroatoms. The molecule has 0 aliphatic rings. The zero-order chi connectivity index (χ0) is 12.7. The van der Waals surface area contributed by atoms with Gasteiger partial charge in [0.25, 0.3) is 0 Å². The van der Waals surface area contributed by atoms with E-state index >= 15 is 0 Å². The minimum absolute atomic E-state index is 0.558. The highest BCUT2D eigenvalue weighted by molar-refractivity contribution is 5.82. The number of hydrogen-bond donors (Lipinski definition) is 3. The van der Waals surface area contributed by atoms with Crippen LogP contribution in [-0.4, -0.2) is 31.7 Å². The molecule has 0 bridgehead atoms. The fraction of sp³-hybridized carbons (Fsp3) is 0.200. The summed E-state index contributed by atoms with van der Waals surface area (Å²) >= 11 is 0. The average molecular weight is 239 g/mol. The molecule has 0 aliphatic carbocycles. The van der Waals surface area contributed by atoms with Gasteiger partial charge in [0.05, 0.1) is 20.4 Å². The largest absolute Gasteiger partial charge is 0.493 e. The monoisotopic (exact) mass is 239 g/mol. The van der Waals surface area contributed by atoms with Crippen LogP contribution in [-0.2, 0) is 0 Å². The summed E-state index contributed by atoms with van der Waals surface area (Å²) < 4.78 is 10.2. The van der Waals surface area contributed by atoms with Crippen molar-refractivity contribution in [2.45, 2.75) is 0 Å². The first-order valence-corrected chi connectivity index (χ1v) is 4.66. The molecule has 0 spiro atoms. The lowest BCUT2D eigenvalue weighted by Gasteiger charge is -2.07. The van der Waals surface area contributed by atoms with Gasteiger partial charge >= 0.3 is 6.03 Å². The number of methoxy groups -OCH3 is 2. The predicted octanol–water partition coefficient (Wildman–Crippen LogP) is 0.726. The smallest absolute Gasteiger partial charge is 0.358 e. The molecule has 0 aromatic heterocycles. The lowest BCUT2D eigenvalue weighted by molar-refractivity contribution is 0.162. The Kier molecular flexibility index (Phi) is 4.77. The molecule has 17 heavy (non-hydrogen) atoms. The molecule has 7 nitrogen and oxygen atoms in total. The second kappa shape index (κ2) is 6.33. The van der Waals surface area contributed by atoms with Crippen LogP contribution in [0.2, 0.25) is 0 Å². The second-order valence-corrected chi connectivity index (χ2v) is 2.93. The van der Waals surface area contributed by atoms with Crippen molar-refractivity contribution < 1.29 is 19.5 Å². The maximum atomic E-state index is 10.6. The van der Waals surface area contributed by atoms with E-state index in [1.807, 2.05) is 5.43 Å². The lowest BCUT2D eigenvalue weighted by atomic mass is 10.2. The van der Waals surface area contributed by atoms with Gasteiger partial charge in [-0.05, 0) is 23.8 Å². The van der Waals surface area contributed by atoms with Crippen molar-refractivity contribution in [1.29, 1.82) is 0 Å². The molecule has 3 N–H and O–H groups in total. The zero-order valence-corrected chi connectivity index (χ0v) is 9.43. The Balaban J connectivity index is 2.75. The van der Waals surface area contributed by atoms with Crippen molar-refractivity contribution in [3.63, 3.8) is 0 Å². The minimum Gasteiger partial charge on any atom is -0.493 e. The van der Waals surface area contributed by atoms with E-state index < -0.39 is 6.03 Å². The van der Waals surface area contributed by atoms with Crippen LogP contribution in [0.5, 0.6) is 11.5 Å². The molecular formula is C10H13N3O4. The molecule has 0 atom stereocenters. The predicted molar refractivity (Wildman–Crippen MR) is 60.6 cm³/mol. The highest BCUT2D eigenvalue weighted by Crippen LogP contribution is 2.26. The molecular weight excluding hydrogens is 226 g/mol. The fourth-order valence-corrected chi connectivity index (χ4v) is 1.12. The van der Waals surface area contributed by atoms with Crippen molar-refractivity contribution in [2.75, 3.05) is 14.2 Å². The van der Waals surface area contributed by atoms with Crippen LogP contribution in [0, 0.1) is 0 Å². The van der Waals surface area contributed by atoms with Crippen molar-refractivity contribution in [2.24, 2.45) is 5.10 Å². The lowest BCUT2D eigenvalue weighted by Crippen LogP contribution is -2.29. The van der Waals surface area contributed by atoms with E-state index in [9.17, 15) is 4.79 Å². The molecule has 0 radical (unpaired) electrons. The number of urea groups is 1. The van der Waals surface area contributed by atoms with Crippen LogP contribution in [0.15, 0.2) is 23.3 Å². The van der Waals surface area contributed by atoms with Gasteiger partial charge in [0.2, 0.25) is 0 Å². The second-order valence-electron chi connectivity index (χ2n) is 2.93. The van der Waals surface area contributed by atoms with Gasteiger partial charge in [-0.3, -0.25) is 5.21 Å². The number of carbonyl (C=O) groups excluding carboxylic acids is 1. The Morgan fingerprint density at radius 1 is 1.35 bits per heavy atom. The normalized spacial score (nSPS) is 10.1. The first-order valence-electron chi connectivity index (χ1n) is 4.66. The summed E-state index contributed by atoms with van der Waals surface area (Å²) in [6, 6.07) is 4.33. The van der Waals surface area contributed by atoms with Gasteiger partial charge in [-0.25, -0.2) is 15.7 Å². The number of hydrogen-bond acceptors (Lipinski definition) is 5. The van der Waals surface area contributed by atoms with E-state index in [2.05, 4.69) is 5.10 Å². The SMILES string of the molecule is COc1ccc(/C=N\NC(=O)NO)cc1OC. The highest BCUT2D eigenvalue weighted by atomic mass is 16.5. The van der Waals surface area contributed by atoms with Crippen LogP contribution in [0.3, 0.4) is 0 Å². The number of ether oxygens (including phenoxy) is 2. The fourth-order valence-electron chi connectivity index (χ4n) is 1.12. The van der Waals surface area contributed by atoms with E-state index in [-0.39, 0.29) is 0 Å². The van der Waals surface area contributed by atoms with E-state index in [1.165, 1.54) is 18.8 Å². The number of hydroxylamine groups is 1. The van der Waals surface area contributed by atoms with Gasteiger partial charge < -0.3 is 9.47 Å². The number of amides is 2. The van der Waals surface area contributed by atoms with Crippen molar-refractivity contribution in [3.8, 4) is 11.5 Å². The summed E-state index contributed by atoms with van der Waals surface area (Å²) in [7, 11) is 3.06. The summed E-state index contributed by atoms with van der Waals surface area (Å²) in [5.41, 5.74) is 4.14. The molecule has 0 unspecified atom stereocenters. The maximum absolute atomic E-state index is 10.6. The first-order chi connectivity index (χ1) is 8.21. The van der Waals surface area contributed by atoms with E-state index in [0.717, 1.165) is 0 Å². The molecule has 0 saturated carbocycles. The van der Waals surface area contributed by atoms with Gasteiger partial charge in [-0.2, -0.15) is 5.10 Å². The zero-order valence-electron chi connectivity index (χ0n) is 9.43. The minimum atomic E-state index is -0.818. The summed E-state index contributed by atoms with van der Waals surface area (Å²) in [4.78, 5) is 10.6. The molecule has 0 aliphatic heterocycles. The Labute approximate surface area is 98.0 Å². The van der Waals surface area contributed by atoms with Crippen LogP contribution in [0.25, 0.3) is 0 Å². The molecule has 0 heterocycles. The Morgan fingerprint density at radius 2 is 2.06 bits per heavy atom. The molecule has 1 aromatic rings. The molecule has 1 aromatic carbocycles.